The molecule has 2 aromatic carbocycles. The van der Waals surface area contributed by atoms with E-state index in [-0.39, 0.29) is 14.9 Å². The first-order valence-electron chi connectivity index (χ1n) is 5.64. The third kappa shape index (κ3) is 4.03. The minimum atomic E-state index is -3.81. The van der Waals surface area contributed by atoms with Gasteiger partial charge >= 0.3 is 0 Å². The van der Waals surface area contributed by atoms with Crippen LogP contribution in [0.25, 0.3) is 0 Å². The molecule has 21 heavy (non-hydrogen) atoms. The fourth-order valence-corrected chi connectivity index (χ4v) is 3.87. The fraction of sp³-hybridized carbons (Fsp3) is 0.0769. The predicted molar refractivity (Wildman–Crippen MR) is 88.0 cm³/mol. The number of sulfonamides is 1. The lowest BCUT2D eigenvalue weighted by molar-refractivity contribution is 0.415. The maximum Gasteiger partial charge on any atom is 0.262 e. The first-order chi connectivity index (χ1) is 9.81. The topological polar surface area (TPSA) is 55.4 Å². The van der Waals surface area contributed by atoms with Gasteiger partial charge in [-0.05, 0) is 46.3 Å². The summed E-state index contributed by atoms with van der Waals surface area (Å²) in [5.41, 5.74) is 0.352. The lowest BCUT2D eigenvalue weighted by Gasteiger charge is -2.11. The smallest absolute Gasteiger partial charge is 0.262 e. The Kier molecular flexibility index (Phi) is 5.03. The van der Waals surface area contributed by atoms with Gasteiger partial charge in [-0.2, -0.15) is 0 Å². The Bertz CT molecular complexity index is 761. The normalized spacial score (nSPS) is 11.2. The standard InChI is InChI=1S/C13H10BrCl2NO3S/c1-20-10-2-3-12(14)13(7-10)17-21(18,19)11-5-8(15)4-9(16)6-11/h2-7,17H,1H3. The molecule has 0 heterocycles. The summed E-state index contributed by atoms with van der Waals surface area (Å²) < 4.78 is 32.8. The highest BCUT2D eigenvalue weighted by molar-refractivity contribution is 9.10. The summed E-state index contributed by atoms with van der Waals surface area (Å²) in [6.07, 6.45) is 0. The van der Waals surface area contributed by atoms with Gasteiger partial charge < -0.3 is 4.74 Å². The van der Waals surface area contributed by atoms with Gasteiger partial charge in [0.25, 0.3) is 10.0 Å². The highest BCUT2D eigenvalue weighted by atomic mass is 79.9. The van der Waals surface area contributed by atoms with Crippen LogP contribution < -0.4 is 9.46 Å². The van der Waals surface area contributed by atoms with Crippen LogP contribution in [0.15, 0.2) is 45.8 Å². The minimum Gasteiger partial charge on any atom is -0.497 e. The quantitative estimate of drug-likeness (QED) is 0.803. The van der Waals surface area contributed by atoms with Crippen molar-refractivity contribution in [2.75, 3.05) is 11.8 Å². The van der Waals surface area contributed by atoms with Gasteiger partial charge in [-0.1, -0.05) is 23.2 Å². The van der Waals surface area contributed by atoms with E-state index in [0.29, 0.717) is 15.9 Å². The Hall–Kier alpha value is -0.950. The maximum absolute atomic E-state index is 12.4. The molecule has 1 N–H and O–H groups in total. The molecule has 0 unspecified atom stereocenters. The molecule has 0 fully saturated rings. The van der Waals surface area contributed by atoms with E-state index in [2.05, 4.69) is 20.7 Å². The summed E-state index contributed by atoms with van der Waals surface area (Å²) in [5, 5.41) is 0.486. The Labute approximate surface area is 141 Å². The van der Waals surface area contributed by atoms with Crippen molar-refractivity contribution < 1.29 is 13.2 Å². The molecule has 0 radical (unpaired) electrons. The Morgan fingerprint density at radius 1 is 1.10 bits per heavy atom. The van der Waals surface area contributed by atoms with Crippen molar-refractivity contribution in [2.24, 2.45) is 0 Å². The zero-order chi connectivity index (χ0) is 15.6. The van der Waals surface area contributed by atoms with E-state index < -0.39 is 10.0 Å². The Balaban J connectivity index is 2.41. The molecule has 2 aromatic rings. The van der Waals surface area contributed by atoms with Crippen molar-refractivity contribution >= 4 is 54.8 Å². The van der Waals surface area contributed by atoms with E-state index in [4.69, 9.17) is 27.9 Å². The SMILES string of the molecule is COc1ccc(Br)c(NS(=O)(=O)c2cc(Cl)cc(Cl)c2)c1. The molecule has 0 aliphatic rings. The molecule has 0 saturated heterocycles. The number of hydrogen-bond donors (Lipinski definition) is 1. The van der Waals surface area contributed by atoms with Gasteiger partial charge in [0, 0.05) is 20.6 Å². The minimum absolute atomic E-state index is 0.0188. The van der Waals surface area contributed by atoms with Gasteiger partial charge in [-0.3, -0.25) is 4.72 Å². The van der Waals surface area contributed by atoms with Crippen molar-refractivity contribution in [3.05, 3.63) is 50.9 Å². The largest absolute Gasteiger partial charge is 0.497 e. The molecule has 8 heteroatoms. The second-order valence-corrected chi connectivity index (χ2v) is 7.47. The third-order valence-corrected chi connectivity index (χ3v) is 5.04. The number of anilines is 1. The van der Waals surface area contributed by atoms with E-state index >= 15 is 0 Å². The van der Waals surface area contributed by atoms with E-state index in [1.807, 2.05) is 0 Å². The average molecular weight is 411 g/mol. The van der Waals surface area contributed by atoms with Crippen molar-refractivity contribution in [2.45, 2.75) is 4.90 Å². The van der Waals surface area contributed by atoms with Gasteiger partial charge in [0.05, 0.1) is 17.7 Å². The number of halogens is 3. The van der Waals surface area contributed by atoms with E-state index in [9.17, 15) is 8.42 Å². The number of ether oxygens (including phenoxy) is 1. The lowest BCUT2D eigenvalue weighted by Crippen LogP contribution is -2.13. The van der Waals surface area contributed by atoms with Gasteiger partial charge in [-0.15, -0.1) is 0 Å². The number of rotatable bonds is 4. The monoisotopic (exact) mass is 409 g/mol. The van der Waals surface area contributed by atoms with Crippen molar-refractivity contribution in [1.82, 2.24) is 0 Å². The molecule has 4 nitrogen and oxygen atoms in total. The molecule has 0 amide bonds. The van der Waals surface area contributed by atoms with Gasteiger partial charge in [-0.25, -0.2) is 8.42 Å². The van der Waals surface area contributed by atoms with Crippen LogP contribution >= 0.6 is 39.1 Å². The van der Waals surface area contributed by atoms with E-state index in [1.165, 1.54) is 25.3 Å². The van der Waals surface area contributed by atoms with Crippen LogP contribution in [0.2, 0.25) is 10.0 Å². The van der Waals surface area contributed by atoms with Crippen molar-refractivity contribution in [3.8, 4) is 5.75 Å². The molecule has 0 atom stereocenters. The van der Waals surface area contributed by atoms with Crippen molar-refractivity contribution in [3.63, 3.8) is 0 Å². The molecule has 0 spiro atoms. The van der Waals surface area contributed by atoms with Crippen LogP contribution in [0.4, 0.5) is 5.69 Å². The zero-order valence-electron chi connectivity index (χ0n) is 10.7. The first kappa shape index (κ1) is 16.4. The Morgan fingerprint density at radius 2 is 1.71 bits per heavy atom. The fourth-order valence-electron chi connectivity index (χ4n) is 1.60. The highest BCUT2D eigenvalue weighted by Crippen LogP contribution is 2.30. The summed E-state index contributed by atoms with van der Waals surface area (Å²) in [5.74, 6) is 0.528. The predicted octanol–water partition coefficient (Wildman–Crippen LogP) is 4.57. The molecule has 0 aliphatic heterocycles. The van der Waals surface area contributed by atoms with Gasteiger partial charge in [0.2, 0.25) is 0 Å². The first-order valence-corrected chi connectivity index (χ1v) is 8.67. The molecule has 0 aromatic heterocycles. The molecular weight excluding hydrogens is 401 g/mol. The Morgan fingerprint density at radius 3 is 2.29 bits per heavy atom. The highest BCUT2D eigenvalue weighted by Gasteiger charge is 2.17. The molecule has 0 bridgehead atoms. The van der Waals surface area contributed by atoms with Crippen LogP contribution in [0.5, 0.6) is 5.75 Å². The maximum atomic E-state index is 12.4. The lowest BCUT2D eigenvalue weighted by atomic mass is 10.3. The summed E-state index contributed by atoms with van der Waals surface area (Å²) in [4.78, 5) is -0.0188. The van der Waals surface area contributed by atoms with Crippen LogP contribution in [-0.2, 0) is 10.0 Å². The summed E-state index contributed by atoms with van der Waals surface area (Å²) in [7, 11) is -2.31. The molecular formula is C13H10BrCl2NO3S. The molecule has 112 valence electrons. The van der Waals surface area contributed by atoms with Crippen LogP contribution in [0, 0.1) is 0 Å². The van der Waals surface area contributed by atoms with Crippen LogP contribution in [0.3, 0.4) is 0 Å². The summed E-state index contributed by atoms with van der Waals surface area (Å²) >= 11 is 14.9. The van der Waals surface area contributed by atoms with E-state index in [0.717, 1.165) is 0 Å². The zero-order valence-corrected chi connectivity index (χ0v) is 14.6. The summed E-state index contributed by atoms with van der Waals surface area (Å²) in [6, 6.07) is 9.06. The number of benzene rings is 2. The van der Waals surface area contributed by atoms with Gasteiger partial charge in [0.1, 0.15) is 5.75 Å². The van der Waals surface area contributed by atoms with Gasteiger partial charge in [0.15, 0.2) is 0 Å². The van der Waals surface area contributed by atoms with Crippen molar-refractivity contribution in [1.29, 1.82) is 0 Å². The second kappa shape index (κ2) is 6.44. The van der Waals surface area contributed by atoms with E-state index in [1.54, 1.807) is 18.2 Å². The van der Waals surface area contributed by atoms with Crippen LogP contribution in [0.1, 0.15) is 0 Å². The molecule has 2 rings (SSSR count). The average Bonchev–Trinajstić information content (AvgIpc) is 2.40. The third-order valence-electron chi connectivity index (χ3n) is 2.56. The molecule has 0 aliphatic carbocycles. The second-order valence-electron chi connectivity index (χ2n) is 4.06. The number of nitrogens with one attached hydrogen (secondary N) is 1. The number of hydrogen-bond acceptors (Lipinski definition) is 3. The summed E-state index contributed by atoms with van der Waals surface area (Å²) in [6.45, 7) is 0. The van der Waals surface area contributed by atoms with Crippen LogP contribution in [-0.4, -0.2) is 15.5 Å². The number of methoxy groups -OCH3 is 1. The molecule has 0 saturated carbocycles.